The predicted octanol–water partition coefficient (Wildman–Crippen LogP) is 6.29. The van der Waals surface area contributed by atoms with Crippen molar-refractivity contribution >= 4 is 43.5 Å². The van der Waals surface area contributed by atoms with E-state index in [9.17, 15) is 0 Å². The summed E-state index contributed by atoms with van der Waals surface area (Å²) in [6.07, 6.45) is 9.03. The van der Waals surface area contributed by atoms with E-state index in [1.165, 1.54) is 34.0 Å². The van der Waals surface area contributed by atoms with Gasteiger partial charge in [-0.1, -0.05) is 41.4 Å². The molecule has 2 nitrogen and oxygen atoms in total. The Morgan fingerprint density at radius 3 is 2.54 bits per heavy atom. The number of fused-ring (bicyclic) bond motifs is 2. The average Bonchev–Trinajstić information content (AvgIpc) is 2.81. The summed E-state index contributed by atoms with van der Waals surface area (Å²) in [6, 6.07) is 4.63. The van der Waals surface area contributed by atoms with Gasteiger partial charge in [0.05, 0.1) is 6.04 Å². The number of dihydropyridines is 1. The van der Waals surface area contributed by atoms with Gasteiger partial charge in [-0.3, -0.25) is 0 Å². The van der Waals surface area contributed by atoms with Crippen LogP contribution in [-0.4, -0.2) is 19.1 Å². The van der Waals surface area contributed by atoms with Crippen molar-refractivity contribution in [1.29, 1.82) is 0 Å². The fourth-order valence-electron chi connectivity index (χ4n) is 4.52. The fourth-order valence-corrected chi connectivity index (χ4v) is 6.09. The molecule has 26 heavy (non-hydrogen) atoms. The van der Waals surface area contributed by atoms with Crippen molar-refractivity contribution in [2.45, 2.75) is 51.5 Å². The molecule has 4 rings (SSSR count). The summed E-state index contributed by atoms with van der Waals surface area (Å²) in [7, 11) is 0. The summed E-state index contributed by atoms with van der Waals surface area (Å²) < 4.78 is 2.31. The lowest BCUT2D eigenvalue weighted by atomic mass is 9.73. The van der Waals surface area contributed by atoms with Crippen molar-refractivity contribution in [1.82, 2.24) is 10.6 Å². The molecule has 0 spiro atoms. The van der Waals surface area contributed by atoms with E-state index in [1.807, 2.05) is 13.8 Å². The van der Waals surface area contributed by atoms with Crippen LogP contribution in [0.25, 0.3) is 0 Å². The second kappa shape index (κ2) is 9.27. The number of nitrogens with one attached hydrogen (secondary N) is 2. The van der Waals surface area contributed by atoms with E-state index in [4.69, 9.17) is 11.6 Å². The number of hydrogen-bond acceptors (Lipinski definition) is 2. The molecule has 2 aliphatic heterocycles. The number of benzene rings is 1. The first-order valence-electron chi connectivity index (χ1n) is 9.64. The molecule has 0 bridgehead atoms. The number of piperidine rings is 1. The van der Waals surface area contributed by atoms with Crippen LogP contribution in [0.15, 0.2) is 38.9 Å². The molecule has 5 heteroatoms. The Balaban J connectivity index is 0.000000948. The summed E-state index contributed by atoms with van der Waals surface area (Å²) in [5.74, 6) is 1.17. The Kier molecular flexibility index (Phi) is 7.29. The highest BCUT2D eigenvalue weighted by Crippen LogP contribution is 2.46. The van der Waals surface area contributed by atoms with E-state index >= 15 is 0 Å². The van der Waals surface area contributed by atoms with Gasteiger partial charge in [0.15, 0.2) is 0 Å². The zero-order valence-electron chi connectivity index (χ0n) is 15.4. The minimum absolute atomic E-state index is 0.383. The highest BCUT2D eigenvalue weighted by Gasteiger charge is 2.38. The molecule has 1 aromatic rings. The number of halogens is 3. The maximum Gasteiger partial charge on any atom is 0.0543 e. The van der Waals surface area contributed by atoms with Crippen LogP contribution in [0.2, 0.25) is 5.02 Å². The molecule has 2 atom stereocenters. The third-order valence-electron chi connectivity index (χ3n) is 5.57. The zero-order valence-corrected chi connectivity index (χ0v) is 19.3. The SMILES string of the molecule is CC.Clc1cc(Br)c2c(c1)CCC1=CC(Br)=CNC1C2C1CCNCC1. The van der Waals surface area contributed by atoms with E-state index in [2.05, 4.69) is 66.9 Å². The zero-order chi connectivity index (χ0) is 18.7. The average molecular weight is 503 g/mol. The van der Waals surface area contributed by atoms with Crippen molar-refractivity contribution in [3.8, 4) is 0 Å². The van der Waals surface area contributed by atoms with Crippen LogP contribution >= 0.6 is 43.5 Å². The Hall–Kier alpha value is -0.290. The first-order chi connectivity index (χ1) is 12.6. The second-order valence-electron chi connectivity index (χ2n) is 6.97. The van der Waals surface area contributed by atoms with E-state index < -0.39 is 0 Å². The lowest BCUT2D eigenvalue weighted by Gasteiger charge is -2.38. The van der Waals surface area contributed by atoms with Gasteiger partial charge in [0, 0.05) is 26.1 Å². The van der Waals surface area contributed by atoms with E-state index in [-0.39, 0.29) is 0 Å². The Morgan fingerprint density at radius 2 is 1.81 bits per heavy atom. The van der Waals surface area contributed by atoms with E-state index in [0.717, 1.165) is 35.4 Å². The number of hydrogen-bond donors (Lipinski definition) is 2. The summed E-state index contributed by atoms with van der Waals surface area (Å²) in [5.41, 5.74) is 4.39. The molecule has 1 saturated heterocycles. The van der Waals surface area contributed by atoms with E-state index in [1.54, 1.807) is 0 Å². The second-order valence-corrected chi connectivity index (χ2v) is 9.17. The van der Waals surface area contributed by atoms with Gasteiger partial charge in [-0.2, -0.15) is 0 Å². The molecule has 0 amide bonds. The van der Waals surface area contributed by atoms with Gasteiger partial charge in [-0.15, -0.1) is 0 Å². The molecule has 0 saturated carbocycles. The molecule has 2 unspecified atom stereocenters. The molecule has 1 fully saturated rings. The number of aryl methyl sites for hydroxylation is 1. The van der Waals surface area contributed by atoms with Crippen LogP contribution in [-0.2, 0) is 6.42 Å². The minimum atomic E-state index is 0.383. The summed E-state index contributed by atoms with van der Waals surface area (Å²) >= 11 is 13.8. The maximum atomic E-state index is 6.36. The quantitative estimate of drug-likeness (QED) is 0.471. The highest BCUT2D eigenvalue weighted by atomic mass is 79.9. The molecule has 0 radical (unpaired) electrons. The Morgan fingerprint density at radius 1 is 1.08 bits per heavy atom. The lowest BCUT2D eigenvalue weighted by molar-refractivity contribution is 0.287. The first kappa shape index (κ1) is 20.4. The largest absolute Gasteiger partial charge is 0.383 e. The molecular weight excluding hydrogens is 476 g/mol. The fraction of sp³-hybridized carbons (Fsp3) is 0.524. The van der Waals surface area contributed by atoms with Crippen LogP contribution < -0.4 is 10.6 Å². The van der Waals surface area contributed by atoms with Crippen molar-refractivity contribution in [3.63, 3.8) is 0 Å². The summed E-state index contributed by atoms with van der Waals surface area (Å²) in [6.45, 7) is 6.24. The van der Waals surface area contributed by atoms with Gasteiger partial charge < -0.3 is 10.6 Å². The number of rotatable bonds is 1. The highest BCUT2D eigenvalue weighted by molar-refractivity contribution is 9.12. The number of allylic oxidation sites excluding steroid dienone is 2. The first-order valence-corrected chi connectivity index (χ1v) is 11.6. The van der Waals surface area contributed by atoms with Crippen molar-refractivity contribution in [2.24, 2.45) is 5.92 Å². The molecule has 2 N–H and O–H groups in total. The standard InChI is InChI=1S/C19H21Br2ClN2.C2H6/c20-14-7-13-2-1-12-8-15(22)9-16(21)17(12)18(19(13)24-10-14)11-3-5-23-6-4-11;1-2/h7-11,18-19,23-24H,1-6H2;1-2H3. The lowest BCUT2D eigenvalue weighted by Crippen LogP contribution is -2.41. The van der Waals surface area contributed by atoms with Gasteiger partial charge in [0.25, 0.3) is 0 Å². The summed E-state index contributed by atoms with van der Waals surface area (Å²) in [5, 5.41) is 8.03. The molecule has 0 aromatic heterocycles. The van der Waals surface area contributed by atoms with Crippen LogP contribution in [0, 0.1) is 5.92 Å². The maximum absolute atomic E-state index is 6.36. The van der Waals surface area contributed by atoms with Gasteiger partial charge in [0.2, 0.25) is 0 Å². The molecule has 2 heterocycles. The van der Waals surface area contributed by atoms with Crippen molar-refractivity contribution in [2.75, 3.05) is 13.1 Å². The molecule has 3 aliphatic rings. The third kappa shape index (κ3) is 4.24. The smallest absolute Gasteiger partial charge is 0.0543 e. The van der Waals surface area contributed by atoms with Gasteiger partial charge in [0.1, 0.15) is 0 Å². The normalized spacial score (nSPS) is 25.4. The van der Waals surface area contributed by atoms with Gasteiger partial charge in [-0.25, -0.2) is 0 Å². The summed E-state index contributed by atoms with van der Waals surface area (Å²) in [4.78, 5) is 0. The van der Waals surface area contributed by atoms with Gasteiger partial charge >= 0.3 is 0 Å². The van der Waals surface area contributed by atoms with Crippen LogP contribution in [0.3, 0.4) is 0 Å². The topological polar surface area (TPSA) is 24.1 Å². The van der Waals surface area contributed by atoms with Crippen LogP contribution in [0.1, 0.15) is 50.2 Å². The van der Waals surface area contributed by atoms with E-state index in [0.29, 0.717) is 17.9 Å². The third-order valence-corrected chi connectivity index (χ3v) is 6.90. The minimum Gasteiger partial charge on any atom is -0.383 e. The molecular formula is C21H27Br2ClN2. The van der Waals surface area contributed by atoms with Crippen LogP contribution in [0.5, 0.6) is 0 Å². The molecule has 1 aliphatic carbocycles. The van der Waals surface area contributed by atoms with Crippen molar-refractivity contribution < 1.29 is 0 Å². The molecule has 142 valence electrons. The van der Waals surface area contributed by atoms with Crippen LogP contribution in [0.4, 0.5) is 0 Å². The van der Waals surface area contributed by atoms with Crippen molar-refractivity contribution in [3.05, 3.63) is 55.1 Å². The Labute approximate surface area is 179 Å². The van der Waals surface area contributed by atoms with Gasteiger partial charge in [-0.05, 0) is 95.5 Å². The monoisotopic (exact) mass is 500 g/mol. The predicted molar refractivity (Wildman–Crippen MR) is 119 cm³/mol. The molecule has 1 aromatic carbocycles. The Bertz CT molecular complexity index is 708.